The summed E-state index contributed by atoms with van der Waals surface area (Å²) in [5, 5.41) is 10.2. The predicted octanol–water partition coefficient (Wildman–Crippen LogP) is 2.55. The zero-order chi connectivity index (χ0) is 26.4. The number of anilines is 1. The number of β-amino-alcohol motifs (C(OH)–C–C–N with tert-alkyl or cyclic N) is 1. The lowest BCUT2D eigenvalue weighted by Crippen LogP contribution is -2.57. The topological polar surface area (TPSA) is 90.4 Å². The second kappa shape index (κ2) is 10.3. The van der Waals surface area contributed by atoms with Gasteiger partial charge in [-0.2, -0.15) is 0 Å². The third-order valence-corrected chi connectivity index (χ3v) is 8.61. The first-order chi connectivity index (χ1) is 17.1. The van der Waals surface area contributed by atoms with Crippen LogP contribution < -0.4 is 4.90 Å². The third-order valence-electron chi connectivity index (χ3n) is 7.46. The van der Waals surface area contributed by atoms with E-state index < -0.39 is 29.6 Å². The van der Waals surface area contributed by atoms with Gasteiger partial charge in [0.15, 0.2) is 0 Å². The maximum atomic E-state index is 14.4. The van der Waals surface area contributed by atoms with Gasteiger partial charge in [0, 0.05) is 31.5 Å². The van der Waals surface area contributed by atoms with Gasteiger partial charge in [-0.25, -0.2) is 0 Å². The number of hydrogen-bond donors (Lipinski definition) is 1. The second-order valence-electron chi connectivity index (χ2n) is 9.57. The monoisotopic (exact) mass is 579 g/mol. The van der Waals surface area contributed by atoms with Gasteiger partial charge in [0.05, 0.1) is 35.3 Å². The molecule has 0 radical (unpaired) electrons. The van der Waals surface area contributed by atoms with Crippen molar-refractivity contribution in [1.29, 1.82) is 0 Å². The highest BCUT2D eigenvalue weighted by Crippen LogP contribution is 2.60. The number of rotatable bonds is 9. The zero-order valence-electron chi connectivity index (χ0n) is 20.4. The van der Waals surface area contributed by atoms with Crippen molar-refractivity contribution in [2.45, 2.75) is 35.9 Å². The molecule has 1 spiro atoms. The first-order valence-electron chi connectivity index (χ1n) is 11.9. The molecular formula is C26H31BrClN3O5. The summed E-state index contributed by atoms with van der Waals surface area (Å²) in [6, 6.07) is 4.32. The van der Waals surface area contributed by atoms with E-state index in [0.717, 1.165) is 5.56 Å². The SMILES string of the molecule is C=CCN(C)C(=O)[C@H]1[C@@H]2OC3(CC2Br)C(C(=O)N(CC=C)c2c(C)cccc2Cl)N(CCO)C(=O)[C@H]13. The van der Waals surface area contributed by atoms with Gasteiger partial charge in [-0.1, -0.05) is 51.8 Å². The molecule has 3 fully saturated rings. The number of benzene rings is 1. The molecule has 8 nitrogen and oxygen atoms in total. The summed E-state index contributed by atoms with van der Waals surface area (Å²) in [6.07, 6.45) is 3.04. The highest BCUT2D eigenvalue weighted by Gasteiger charge is 2.76. The quantitative estimate of drug-likeness (QED) is 0.358. The molecule has 3 amide bonds. The van der Waals surface area contributed by atoms with Crippen molar-refractivity contribution in [3.05, 3.63) is 54.1 Å². The van der Waals surface area contributed by atoms with Crippen LogP contribution in [-0.2, 0) is 19.1 Å². The summed E-state index contributed by atoms with van der Waals surface area (Å²) in [4.78, 5) is 45.9. The molecular weight excluding hydrogens is 550 g/mol. The number of fused-ring (bicyclic) bond motifs is 1. The molecule has 3 saturated heterocycles. The van der Waals surface area contributed by atoms with Crippen molar-refractivity contribution in [3.63, 3.8) is 0 Å². The van der Waals surface area contributed by atoms with Crippen molar-refractivity contribution >= 4 is 50.9 Å². The van der Waals surface area contributed by atoms with Gasteiger partial charge in [0.25, 0.3) is 5.91 Å². The molecule has 3 aliphatic heterocycles. The number of para-hydroxylation sites is 1. The molecule has 3 heterocycles. The number of likely N-dealkylation sites (N-methyl/N-ethyl adjacent to an activating group) is 1. The molecule has 0 aliphatic carbocycles. The summed E-state index contributed by atoms with van der Waals surface area (Å²) in [6.45, 7) is 9.46. The van der Waals surface area contributed by atoms with E-state index in [1.807, 2.05) is 13.0 Å². The van der Waals surface area contributed by atoms with Gasteiger partial charge in [-0.15, -0.1) is 13.2 Å². The minimum Gasteiger partial charge on any atom is -0.395 e. The molecule has 1 N–H and O–H groups in total. The molecule has 4 rings (SSSR count). The van der Waals surface area contributed by atoms with E-state index >= 15 is 0 Å². The number of aliphatic hydroxyl groups is 1. The molecule has 0 saturated carbocycles. The average molecular weight is 581 g/mol. The highest BCUT2D eigenvalue weighted by atomic mass is 79.9. The Balaban J connectivity index is 1.82. The molecule has 194 valence electrons. The van der Waals surface area contributed by atoms with Crippen LogP contribution in [0.1, 0.15) is 12.0 Å². The lowest BCUT2D eigenvalue weighted by atomic mass is 9.70. The number of carbonyl (C=O) groups excluding carboxylic acids is 3. The molecule has 36 heavy (non-hydrogen) atoms. The van der Waals surface area contributed by atoms with Crippen LogP contribution in [0.2, 0.25) is 5.02 Å². The Morgan fingerprint density at radius 3 is 2.61 bits per heavy atom. The maximum absolute atomic E-state index is 14.4. The summed E-state index contributed by atoms with van der Waals surface area (Å²) >= 11 is 10.2. The number of alkyl halides is 1. The van der Waals surface area contributed by atoms with Gasteiger partial charge in [-0.05, 0) is 25.0 Å². The molecule has 3 unspecified atom stereocenters. The van der Waals surface area contributed by atoms with E-state index in [2.05, 4.69) is 29.1 Å². The van der Waals surface area contributed by atoms with E-state index in [1.54, 1.807) is 31.3 Å². The van der Waals surface area contributed by atoms with Crippen molar-refractivity contribution in [2.75, 3.05) is 38.2 Å². The van der Waals surface area contributed by atoms with Crippen LogP contribution >= 0.6 is 27.5 Å². The minimum atomic E-state index is -1.22. The van der Waals surface area contributed by atoms with E-state index in [-0.39, 0.29) is 42.2 Å². The second-order valence-corrected chi connectivity index (χ2v) is 11.2. The van der Waals surface area contributed by atoms with Crippen LogP contribution in [-0.4, -0.2) is 88.5 Å². The van der Waals surface area contributed by atoms with Crippen molar-refractivity contribution in [2.24, 2.45) is 11.8 Å². The Morgan fingerprint density at radius 2 is 2.00 bits per heavy atom. The van der Waals surface area contributed by atoms with Crippen LogP contribution in [0.5, 0.6) is 0 Å². The van der Waals surface area contributed by atoms with Gasteiger partial charge in [0.2, 0.25) is 11.8 Å². The fraction of sp³-hybridized carbons (Fsp3) is 0.500. The number of likely N-dealkylation sites (tertiary alicyclic amines) is 1. The van der Waals surface area contributed by atoms with E-state index in [4.69, 9.17) is 16.3 Å². The minimum absolute atomic E-state index is 0.0543. The largest absolute Gasteiger partial charge is 0.395 e. The molecule has 10 heteroatoms. The predicted molar refractivity (Wildman–Crippen MR) is 141 cm³/mol. The number of ether oxygens (including phenoxy) is 1. The van der Waals surface area contributed by atoms with E-state index in [1.165, 1.54) is 14.7 Å². The summed E-state index contributed by atoms with van der Waals surface area (Å²) < 4.78 is 6.49. The average Bonchev–Trinajstić information content (AvgIpc) is 3.41. The Morgan fingerprint density at radius 1 is 1.31 bits per heavy atom. The number of hydrogen-bond acceptors (Lipinski definition) is 5. The number of amides is 3. The molecule has 0 aromatic heterocycles. The van der Waals surface area contributed by atoms with Gasteiger partial charge >= 0.3 is 0 Å². The smallest absolute Gasteiger partial charge is 0.253 e. The van der Waals surface area contributed by atoms with Crippen molar-refractivity contribution in [3.8, 4) is 0 Å². The van der Waals surface area contributed by atoms with Crippen molar-refractivity contribution in [1.82, 2.24) is 9.80 Å². The first kappa shape index (κ1) is 26.9. The molecule has 3 aliphatic rings. The molecule has 1 aromatic carbocycles. The standard InChI is InChI=1S/C26H31BrClN3O5/c1-5-10-29(4)23(33)18-19-24(34)31(12-13-32)22(26(19)14-16(27)21(18)36-26)25(35)30(11-6-2)20-15(3)8-7-9-17(20)28/h5-9,16,18-19,21-22,32H,1-2,10-14H2,3-4H3/t16?,18-,19+,21-,22?,26?/m1/s1. The number of aliphatic hydroxyl groups excluding tert-OH is 1. The normalized spacial score (nSPS) is 30.3. The Bertz CT molecular complexity index is 1080. The number of carbonyl (C=O) groups is 3. The fourth-order valence-corrected chi connectivity index (χ4v) is 7.38. The molecule has 6 atom stereocenters. The van der Waals surface area contributed by atoms with Crippen LogP contribution in [0.4, 0.5) is 5.69 Å². The van der Waals surface area contributed by atoms with Crippen LogP contribution in [0.15, 0.2) is 43.5 Å². The maximum Gasteiger partial charge on any atom is 0.253 e. The Labute approximate surface area is 224 Å². The third kappa shape index (κ3) is 4.00. The summed E-state index contributed by atoms with van der Waals surface area (Å²) in [5.74, 6) is -2.57. The zero-order valence-corrected chi connectivity index (χ0v) is 22.7. The van der Waals surface area contributed by atoms with E-state index in [9.17, 15) is 19.5 Å². The molecule has 1 aromatic rings. The number of nitrogens with zero attached hydrogens (tertiary/aromatic N) is 3. The summed E-state index contributed by atoms with van der Waals surface area (Å²) in [5.41, 5.74) is 0.104. The van der Waals surface area contributed by atoms with E-state index in [0.29, 0.717) is 23.7 Å². The molecule has 2 bridgehead atoms. The lowest BCUT2D eigenvalue weighted by Gasteiger charge is -2.37. The van der Waals surface area contributed by atoms with Crippen molar-refractivity contribution < 1.29 is 24.2 Å². The van der Waals surface area contributed by atoms with Crippen LogP contribution in [0.25, 0.3) is 0 Å². The number of halogens is 2. The fourth-order valence-electron chi connectivity index (χ4n) is 6.11. The van der Waals surface area contributed by atoms with Gasteiger partial charge in [-0.3, -0.25) is 14.4 Å². The van der Waals surface area contributed by atoms with Gasteiger partial charge < -0.3 is 24.5 Å². The van der Waals surface area contributed by atoms with Crippen LogP contribution in [0, 0.1) is 18.8 Å². The Kier molecular flexibility index (Phi) is 7.67. The lowest BCUT2D eigenvalue weighted by molar-refractivity contribution is -0.144. The van der Waals surface area contributed by atoms with Gasteiger partial charge in [0.1, 0.15) is 11.6 Å². The Hall–Kier alpha value is -2.20. The summed E-state index contributed by atoms with van der Waals surface area (Å²) in [7, 11) is 1.66. The van der Waals surface area contributed by atoms with Crippen LogP contribution in [0.3, 0.4) is 0 Å². The number of aryl methyl sites for hydroxylation is 1. The highest BCUT2D eigenvalue weighted by molar-refractivity contribution is 9.09. The first-order valence-corrected chi connectivity index (χ1v) is 13.2.